The SMILES string of the molecule is COc1ccc(C(CNC(=O)Nc2cccc(N3CCCC3)c2)N(C)C)cc1. The molecule has 2 aromatic rings. The van der Waals surface area contributed by atoms with Crippen molar-refractivity contribution in [1.82, 2.24) is 10.2 Å². The number of hydrogen-bond acceptors (Lipinski definition) is 4. The van der Waals surface area contributed by atoms with Crippen LogP contribution in [0.5, 0.6) is 5.75 Å². The van der Waals surface area contributed by atoms with Crippen LogP contribution in [0.1, 0.15) is 24.4 Å². The van der Waals surface area contributed by atoms with Gasteiger partial charge in [-0.25, -0.2) is 4.79 Å². The predicted octanol–water partition coefficient (Wildman–Crippen LogP) is 3.72. The Morgan fingerprint density at radius 2 is 1.86 bits per heavy atom. The maximum atomic E-state index is 12.4. The summed E-state index contributed by atoms with van der Waals surface area (Å²) in [7, 11) is 5.67. The molecule has 1 saturated heterocycles. The van der Waals surface area contributed by atoms with Crippen LogP contribution in [-0.4, -0.2) is 51.8 Å². The maximum absolute atomic E-state index is 12.4. The monoisotopic (exact) mass is 382 g/mol. The molecular formula is C22H30N4O2. The largest absolute Gasteiger partial charge is 0.497 e. The number of urea groups is 1. The molecule has 28 heavy (non-hydrogen) atoms. The molecule has 6 nitrogen and oxygen atoms in total. The lowest BCUT2D eigenvalue weighted by Gasteiger charge is -2.25. The quantitative estimate of drug-likeness (QED) is 0.766. The van der Waals surface area contributed by atoms with Crippen molar-refractivity contribution in [1.29, 1.82) is 0 Å². The van der Waals surface area contributed by atoms with Crippen LogP contribution in [0.2, 0.25) is 0 Å². The van der Waals surface area contributed by atoms with Crippen LogP contribution in [0, 0.1) is 0 Å². The van der Waals surface area contributed by atoms with Gasteiger partial charge in [0.2, 0.25) is 0 Å². The fourth-order valence-corrected chi connectivity index (χ4v) is 3.54. The number of benzene rings is 2. The number of carbonyl (C=O) groups excluding carboxylic acids is 1. The minimum Gasteiger partial charge on any atom is -0.497 e. The molecule has 0 bridgehead atoms. The van der Waals surface area contributed by atoms with Crippen LogP contribution in [0.15, 0.2) is 48.5 Å². The summed E-state index contributed by atoms with van der Waals surface area (Å²) in [5.74, 6) is 0.824. The van der Waals surface area contributed by atoms with E-state index in [0.717, 1.165) is 30.1 Å². The summed E-state index contributed by atoms with van der Waals surface area (Å²) in [5.41, 5.74) is 3.11. The van der Waals surface area contributed by atoms with Gasteiger partial charge in [0.25, 0.3) is 0 Å². The van der Waals surface area contributed by atoms with Gasteiger partial charge in [-0.1, -0.05) is 18.2 Å². The average Bonchev–Trinajstić information content (AvgIpc) is 3.23. The number of likely N-dealkylation sites (N-methyl/N-ethyl adjacent to an activating group) is 1. The number of anilines is 2. The van der Waals surface area contributed by atoms with E-state index in [4.69, 9.17) is 4.74 Å². The van der Waals surface area contributed by atoms with Crippen molar-refractivity contribution >= 4 is 17.4 Å². The molecule has 6 heteroatoms. The third-order valence-electron chi connectivity index (χ3n) is 5.16. The van der Waals surface area contributed by atoms with E-state index in [2.05, 4.69) is 26.5 Å². The summed E-state index contributed by atoms with van der Waals surface area (Å²) in [5, 5.41) is 5.95. The van der Waals surface area contributed by atoms with Crippen molar-refractivity contribution in [3.8, 4) is 5.75 Å². The number of carbonyl (C=O) groups is 1. The van der Waals surface area contributed by atoms with E-state index in [1.54, 1.807) is 7.11 Å². The molecule has 1 aliphatic rings. The molecule has 0 saturated carbocycles. The number of nitrogens with one attached hydrogen (secondary N) is 2. The van der Waals surface area contributed by atoms with E-state index in [0.29, 0.717) is 6.54 Å². The molecule has 2 N–H and O–H groups in total. The minimum absolute atomic E-state index is 0.0765. The Labute approximate surface area is 167 Å². The smallest absolute Gasteiger partial charge is 0.319 e. The second-order valence-corrected chi connectivity index (χ2v) is 7.33. The standard InChI is InChI=1S/C22H30N4O2/c1-25(2)21(17-9-11-20(28-3)12-10-17)16-23-22(27)24-18-7-6-8-19(15-18)26-13-4-5-14-26/h6-12,15,21H,4-5,13-14,16H2,1-3H3,(H2,23,24,27). The van der Waals surface area contributed by atoms with Crippen molar-refractivity contribution in [3.63, 3.8) is 0 Å². The summed E-state index contributed by atoms with van der Waals surface area (Å²) in [4.78, 5) is 16.9. The Morgan fingerprint density at radius 3 is 2.50 bits per heavy atom. The molecule has 1 unspecified atom stereocenters. The molecule has 2 aromatic carbocycles. The summed E-state index contributed by atoms with van der Waals surface area (Å²) in [6.07, 6.45) is 2.46. The zero-order chi connectivity index (χ0) is 19.9. The zero-order valence-electron chi connectivity index (χ0n) is 16.9. The van der Waals surface area contributed by atoms with Crippen LogP contribution in [-0.2, 0) is 0 Å². The fraction of sp³-hybridized carbons (Fsp3) is 0.409. The van der Waals surface area contributed by atoms with E-state index in [-0.39, 0.29) is 12.1 Å². The molecule has 150 valence electrons. The van der Waals surface area contributed by atoms with Gasteiger partial charge in [-0.05, 0) is 62.8 Å². The van der Waals surface area contributed by atoms with Gasteiger partial charge < -0.3 is 25.2 Å². The lowest BCUT2D eigenvalue weighted by atomic mass is 10.1. The minimum atomic E-state index is -0.195. The average molecular weight is 383 g/mol. The fourth-order valence-electron chi connectivity index (χ4n) is 3.54. The van der Waals surface area contributed by atoms with Gasteiger partial charge in [0.1, 0.15) is 5.75 Å². The number of amides is 2. The van der Waals surface area contributed by atoms with Crippen LogP contribution in [0.3, 0.4) is 0 Å². The lowest BCUT2D eigenvalue weighted by molar-refractivity contribution is 0.243. The van der Waals surface area contributed by atoms with E-state index in [1.807, 2.05) is 56.6 Å². The van der Waals surface area contributed by atoms with Crippen LogP contribution in [0.25, 0.3) is 0 Å². The van der Waals surface area contributed by atoms with Gasteiger partial charge in [-0.3, -0.25) is 0 Å². The van der Waals surface area contributed by atoms with E-state index in [9.17, 15) is 4.79 Å². The normalized spacial score (nSPS) is 14.8. The van der Waals surface area contributed by atoms with Crippen LogP contribution < -0.4 is 20.3 Å². The topological polar surface area (TPSA) is 56.8 Å². The van der Waals surface area contributed by atoms with Gasteiger partial charge in [0, 0.05) is 31.0 Å². The molecular weight excluding hydrogens is 352 g/mol. The summed E-state index contributed by atoms with van der Waals surface area (Å²) >= 11 is 0. The van der Waals surface area contributed by atoms with Gasteiger partial charge in [-0.2, -0.15) is 0 Å². The highest BCUT2D eigenvalue weighted by atomic mass is 16.5. The zero-order valence-corrected chi connectivity index (χ0v) is 16.9. The van der Waals surface area contributed by atoms with E-state index in [1.165, 1.54) is 18.5 Å². The van der Waals surface area contributed by atoms with Gasteiger partial charge in [0.15, 0.2) is 0 Å². The van der Waals surface area contributed by atoms with Crippen LogP contribution >= 0.6 is 0 Å². The number of ether oxygens (including phenoxy) is 1. The number of nitrogens with zero attached hydrogens (tertiary/aromatic N) is 2. The maximum Gasteiger partial charge on any atom is 0.319 e. The number of methoxy groups -OCH3 is 1. The van der Waals surface area contributed by atoms with Gasteiger partial charge in [0.05, 0.1) is 13.2 Å². The van der Waals surface area contributed by atoms with Crippen molar-refractivity contribution in [2.24, 2.45) is 0 Å². The van der Waals surface area contributed by atoms with Crippen LogP contribution in [0.4, 0.5) is 16.2 Å². The lowest BCUT2D eigenvalue weighted by Crippen LogP contribution is -2.36. The Kier molecular flexibility index (Phi) is 6.76. The molecule has 2 amide bonds. The molecule has 0 spiro atoms. The van der Waals surface area contributed by atoms with E-state index >= 15 is 0 Å². The summed E-state index contributed by atoms with van der Waals surface area (Å²) in [6, 6.07) is 15.9. The Morgan fingerprint density at radius 1 is 1.14 bits per heavy atom. The molecule has 1 fully saturated rings. The van der Waals surface area contributed by atoms with Gasteiger partial charge >= 0.3 is 6.03 Å². The molecule has 0 radical (unpaired) electrons. The number of rotatable bonds is 7. The first-order valence-electron chi connectivity index (χ1n) is 9.77. The highest BCUT2D eigenvalue weighted by Gasteiger charge is 2.16. The molecule has 3 rings (SSSR count). The Hall–Kier alpha value is -2.73. The summed E-state index contributed by atoms with van der Waals surface area (Å²) < 4.78 is 5.22. The van der Waals surface area contributed by atoms with Crippen molar-refractivity contribution in [2.75, 3.05) is 51.1 Å². The first-order valence-corrected chi connectivity index (χ1v) is 9.77. The van der Waals surface area contributed by atoms with Crippen molar-refractivity contribution < 1.29 is 9.53 Å². The number of hydrogen-bond donors (Lipinski definition) is 2. The highest BCUT2D eigenvalue weighted by Crippen LogP contribution is 2.24. The third-order valence-corrected chi connectivity index (χ3v) is 5.16. The van der Waals surface area contributed by atoms with Crippen molar-refractivity contribution in [3.05, 3.63) is 54.1 Å². The molecule has 1 aliphatic heterocycles. The van der Waals surface area contributed by atoms with Gasteiger partial charge in [-0.15, -0.1) is 0 Å². The Bertz CT molecular complexity index is 770. The molecule has 0 aliphatic carbocycles. The second-order valence-electron chi connectivity index (χ2n) is 7.33. The molecule has 0 aromatic heterocycles. The predicted molar refractivity (Wildman–Crippen MR) is 114 cm³/mol. The summed E-state index contributed by atoms with van der Waals surface area (Å²) in [6.45, 7) is 2.68. The first-order chi connectivity index (χ1) is 13.6. The first kappa shape index (κ1) is 20.0. The molecule has 1 heterocycles. The highest BCUT2D eigenvalue weighted by molar-refractivity contribution is 5.89. The third kappa shape index (κ3) is 5.16. The molecule has 1 atom stereocenters. The second kappa shape index (κ2) is 9.46. The van der Waals surface area contributed by atoms with Crippen molar-refractivity contribution in [2.45, 2.75) is 18.9 Å². The van der Waals surface area contributed by atoms with E-state index < -0.39 is 0 Å². The Balaban J connectivity index is 1.58.